The molecule has 3 heterocycles. The number of benzene rings is 1. The highest BCUT2D eigenvalue weighted by Crippen LogP contribution is 2.42. The van der Waals surface area contributed by atoms with Crippen molar-refractivity contribution >= 4 is 21.6 Å². The maximum Gasteiger partial charge on any atom is 0.262 e. The summed E-state index contributed by atoms with van der Waals surface area (Å²) in [7, 11) is -1.97. The lowest BCUT2D eigenvalue weighted by Crippen LogP contribution is -2.57. The Morgan fingerprint density at radius 2 is 1.94 bits per heavy atom. The van der Waals surface area contributed by atoms with Crippen molar-refractivity contribution < 1.29 is 17.9 Å². The molecule has 1 N–H and O–H groups in total. The summed E-state index contributed by atoms with van der Waals surface area (Å²) >= 11 is 0. The summed E-state index contributed by atoms with van der Waals surface area (Å²) in [6.07, 6.45) is 3.97. The predicted octanol–water partition coefficient (Wildman–Crippen LogP) is 2.94. The Kier molecular flexibility index (Phi) is 5.83. The third-order valence-electron chi connectivity index (χ3n) is 6.22. The molecule has 3 fully saturated rings. The van der Waals surface area contributed by atoms with E-state index in [9.17, 15) is 13.2 Å². The molecule has 168 valence electrons. The third kappa shape index (κ3) is 4.34. The molecule has 31 heavy (non-hydrogen) atoms. The molecule has 2 aromatic rings. The zero-order valence-corrected chi connectivity index (χ0v) is 19.2. The first-order valence-electron chi connectivity index (χ1n) is 10.7. The number of rotatable bonds is 6. The summed E-state index contributed by atoms with van der Waals surface area (Å²) in [5.41, 5.74) is 0.678. The van der Waals surface area contributed by atoms with Gasteiger partial charge in [-0.3, -0.25) is 4.79 Å². The van der Waals surface area contributed by atoms with Crippen molar-refractivity contribution in [3.8, 4) is 5.75 Å². The van der Waals surface area contributed by atoms with Gasteiger partial charge in [0.25, 0.3) is 10.0 Å². The van der Waals surface area contributed by atoms with Crippen LogP contribution in [0, 0.1) is 18.8 Å². The van der Waals surface area contributed by atoms with Crippen molar-refractivity contribution in [2.45, 2.75) is 57.2 Å². The van der Waals surface area contributed by atoms with Gasteiger partial charge in [-0.15, -0.1) is 0 Å². The number of nitrogens with zero attached hydrogens (tertiary/aromatic N) is 3. The number of sulfonamides is 1. The van der Waals surface area contributed by atoms with E-state index < -0.39 is 10.0 Å². The lowest BCUT2D eigenvalue weighted by molar-refractivity contribution is -0.125. The van der Waals surface area contributed by atoms with Gasteiger partial charge in [-0.25, -0.2) is 13.4 Å². The van der Waals surface area contributed by atoms with Crippen molar-refractivity contribution in [1.82, 2.24) is 13.9 Å². The Labute approximate surface area is 183 Å². The Bertz CT molecular complexity index is 1040. The maximum absolute atomic E-state index is 13.3. The molecule has 2 bridgehead atoms. The number of ether oxygens (including phenoxy) is 1. The molecule has 9 heteroatoms. The van der Waals surface area contributed by atoms with Crippen molar-refractivity contribution in [2.24, 2.45) is 18.9 Å². The van der Waals surface area contributed by atoms with E-state index in [-0.39, 0.29) is 34.9 Å². The van der Waals surface area contributed by atoms with Gasteiger partial charge in [0.15, 0.2) is 5.03 Å². The molecule has 2 aliphatic heterocycles. The van der Waals surface area contributed by atoms with Gasteiger partial charge in [0, 0.05) is 31.5 Å². The van der Waals surface area contributed by atoms with Crippen molar-refractivity contribution in [3.63, 3.8) is 0 Å². The van der Waals surface area contributed by atoms with E-state index in [0.717, 1.165) is 12.2 Å². The van der Waals surface area contributed by atoms with Gasteiger partial charge < -0.3 is 14.6 Å². The first-order valence-corrected chi connectivity index (χ1v) is 12.2. The zero-order valence-electron chi connectivity index (χ0n) is 18.4. The van der Waals surface area contributed by atoms with E-state index in [2.05, 4.69) is 10.3 Å². The molecule has 0 radical (unpaired) electrons. The van der Waals surface area contributed by atoms with E-state index in [1.807, 2.05) is 38.1 Å². The fourth-order valence-electron chi connectivity index (χ4n) is 4.59. The normalized spacial score (nSPS) is 23.8. The van der Waals surface area contributed by atoms with Gasteiger partial charge >= 0.3 is 0 Å². The molecule has 1 saturated carbocycles. The van der Waals surface area contributed by atoms with Crippen molar-refractivity contribution in [2.75, 3.05) is 11.9 Å². The molecule has 1 amide bonds. The lowest BCUT2D eigenvalue weighted by atomic mass is 9.73. The molecular formula is C22H30N4O4S. The SMILES string of the molecule is Cc1nc(S(=O)(=O)N2CC3CCC2C(C(=O)Nc2ccc(OC(C)C)cc2)C3)cn1C. The van der Waals surface area contributed by atoms with Gasteiger partial charge in [0.1, 0.15) is 11.6 Å². The smallest absolute Gasteiger partial charge is 0.262 e. The first kappa shape index (κ1) is 21.8. The van der Waals surface area contributed by atoms with Crippen molar-refractivity contribution in [1.29, 1.82) is 0 Å². The number of anilines is 1. The molecule has 3 atom stereocenters. The zero-order chi connectivity index (χ0) is 22.3. The van der Waals surface area contributed by atoms with Crippen LogP contribution in [0.4, 0.5) is 5.69 Å². The van der Waals surface area contributed by atoms with Crippen LogP contribution < -0.4 is 10.1 Å². The van der Waals surface area contributed by atoms with Crippen LogP contribution in [-0.4, -0.2) is 46.9 Å². The number of aryl methyl sites for hydroxylation is 2. The first-order chi connectivity index (χ1) is 14.6. The number of carbonyl (C=O) groups is 1. The molecule has 5 rings (SSSR count). The Morgan fingerprint density at radius 1 is 1.23 bits per heavy atom. The Balaban J connectivity index is 1.51. The third-order valence-corrected chi connectivity index (χ3v) is 7.98. The summed E-state index contributed by atoms with van der Waals surface area (Å²) in [6.45, 7) is 6.14. The molecule has 3 unspecified atom stereocenters. The number of fused-ring (bicyclic) bond motifs is 3. The van der Waals surface area contributed by atoms with Crippen LogP contribution in [0.15, 0.2) is 35.5 Å². The highest BCUT2D eigenvalue weighted by Gasteiger charge is 2.49. The van der Waals surface area contributed by atoms with Crippen LogP contribution in [0.2, 0.25) is 0 Å². The minimum Gasteiger partial charge on any atom is -0.491 e. The van der Waals surface area contributed by atoms with Crippen LogP contribution in [0.3, 0.4) is 0 Å². The quantitative estimate of drug-likeness (QED) is 0.736. The number of hydrogen-bond acceptors (Lipinski definition) is 5. The molecule has 0 spiro atoms. The minimum atomic E-state index is -3.75. The standard InChI is InChI=1S/C22H30N4O4S/c1-14(2)30-18-8-6-17(7-9-18)24-22(27)19-11-16-5-10-20(19)26(12-16)31(28,29)21-13-25(4)15(3)23-21/h6-9,13-14,16,19-20H,5,10-12H2,1-4H3,(H,24,27). The van der Waals surface area contributed by atoms with Crippen LogP contribution >= 0.6 is 0 Å². The second kappa shape index (κ2) is 8.27. The van der Waals surface area contributed by atoms with E-state index in [4.69, 9.17) is 4.74 Å². The summed E-state index contributed by atoms with van der Waals surface area (Å²) in [5, 5.41) is 3.02. The van der Waals surface area contributed by atoms with Gasteiger partial charge in [-0.05, 0) is 70.2 Å². The summed E-state index contributed by atoms with van der Waals surface area (Å²) in [5.74, 6) is 1.05. The van der Waals surface area contributed by atoms with E-state index in [1.54, 1.807) is 24.7 Å². The summed E-state index contributed by atoms with van der Waals surface area (Å²) in [6, 6.07) is 6.91. The highest BCUT2D eigenvalue weighted by molar-refractivity contribution is 7.89. The maximum atomic E-state index is 13.3. The highest BCUT2D eigenvalue weighted by atomic mass is 32.2. The molecule has 3 aliphatic rings. The second-order valence-electron chi connectivity index (χ2n) is 8.85. The van der Waals surface area contributed by atoms with Gasteiger partial charge in [-0.2, -0.15) is 4.31 Å². The lowest BCUT2D eigenvalue weighted by Gasteiger charge is -2.47. The molecule has 1 aromatic carbocycles. The topological polar surface area (TPSA) is 93.5 Å². The summed E-state index contributed by atoms with van der Waals surface area (Å²) in [4.78, 5) is 17.3. The van der Waals surface area contributed by atoms with E-state index in [0.29, 0.717) is 30.9 Å². The van der Waals surface area contributed by atoms with Gasteiger partial charge in [0.05, 0.1) is 12.0 Å². The Hall–Kier alpha value is -2.39. The monoisotopic (exact) mass is 446 g/mol. The number of imidazole rings is 1. The molecule has 1 aromatic heterocycles. The fourth-order valence-corrected chi connectivity index (χ4v) is 6.39. The Morgan fingerprint density at radius 3 is 2.52 bits per heavy atom. The summed E-state index contributed by atoms with van der Waals surface area (Å²) < 4.78 is 35.4. The van der Waals surface area contributed by atoms with Crippen LogP contribution in [-0.2, 0) is 21.9 Å². The van der Waals surface area contributed by atoms with Gasteiger partial charge in [0.2, 0.25) is 5.91 Å². The second-order valence-corrected chi connectivity index (χ2v) is 10.7. The minimum absolute atomic E-state index is 0.0555. The number of carbonyl (C=O) groups excluding carboxylic acids is 1. The number of aromatic nitrogens is 2. The number of nitrogens with one attached hydrogen (secondary N) is 1. The van der Waals surface area contributed by atoms with Crippen LogP contribution in [0.5, 0.6) is 5.75 Å². The number of hydrogen-bond donors (Lipinski definition) is 1. The number of amides is 1. The molecule has 8 nitrogen and oxygen atoms in total. The largest absolute Gasteiger partial charge is 0.491 e. The fraction of sp³-hybridized carbons (Fsp3) is 0.545. The molecule has 2 saturated heterocycles. The van der Waals surface area contributed by atoms with Gasteiger partial charge in [-0.1, -0.05) is 0 Å². The van der Waals surface area contributed by atoms with E-state index in [1.165, 1.54) is 4.31 Å². The molecular weight excluding hydrogens is 416 g/mol. The van der Waals surface area contributed by atoms with Crippen molar-refractivity contribution in [3.05, 3.63) is 36.3 Å². The average molecular weight is 447 g/mol. The predicted molar refractivity (Wildman–Crippen MR) is 117 cm³/mol. The average Bonchev–Trinajstić information content (AvgIpc) is 3.08. The van der Waals surface area contributed by atoms with Crippen LogP contribution in [0.25, 0.3) is 0 Å². The van der Waals surface area contributed by atoms with E-state index >= 15 is 0 Å². The number of piperidine rings is 2. The van der Waals surface area contributed by atoms with Crippen LogP contribution in [0.1, 0.15) is 38.9 Å². The molecule has 1 aliphatic carbocycles.